The number of nitrogens with one attached hydrogen (secondary N) is 2. The fourth-order valence-electron chi connectivity index (χ4n) is 2.17. The normalized spacial score (nSPS) is 18.4. The second kappa shape index (κ2) is 6.46. The predicted octanol–water partition coefficient (Wildman–Crippen LogP) is 0.324. The van der Waals surface area contributed by atoms with Crippen molar-refractivity contribution in [1.82, 2.24) is 24.7 Å². The van der Waals surface area contributed by atoms with Gasteiger partial charge in [0.05, 0.1) is 6.10 Å². The molecule has 1 fully saturated rings. The lowest BCUT2D eigenvalue weighted by molar-refractivity contribution is 0.0246. The van der Waals surface area contributed by atoms with Crippen molar-refractivity contribution in [3.05, 3.63) is 18.5 Å². The third kappa shape index (κ3) is 3.44. The Balaban J connectivity index is 1.73. The van der Waals surface area contributed by atoms with Crippen molar-refractivity contribution in [1.29, 1.82) is 0 Å². The molecule has 2 aromatic heterocycles. The molecule has 0 amide bonds. The van der Waals surface area contributed by atoms with Crippen LogP contribution >= 0.6 is 0 Å². The Morgan fingerprint density at radius 3 is 2.90 bits per heavy atom. The van der Waals surface area contributed by atoms with E-state index < -0.39 is 0 Å². The second-order valence-electron chi connectivity index (χ2n) is 4.75. The number of hydrogen-bond acceptors (Lipinski definition) is 8. The summed E-state index contributed by atoms with van der Waals surface area (Å²) in [6.45, 7) is 1.48. The van der Waals surface area contributed by atoms with Gasteiger partial charge in [-0.15, -0.1) is 0 Å². The maximum absolute atomic E-state index is 5.67. The molecule has 9 heteroatoms. The number of hydrogen-bond donors (Lipinski definition) is 3. The molecule has 0 saturated carbocycles. The first-order valence-electron chi connectivity index (χ1n) is 6.93. The van der Waals surface area contributed by atoms with Crippen LogP contribution in [0.4, 0.5) is 11.9 Å². The van der Waals surface area contributed by atoms with Gasteiger partial charge in [-0.25, -0.2) is 10.5 Å². The first-order valence-corrected chi connectivity index (χ1v) is 6.93. The average molecular weight is 290 g/mol. The average Bonchev–Trinajstić information content (AvgIpc) is 3.08. The predicted molar refractivity (Wildman–Crippen MR) is 76.8 cm³/mol. The van der Waals surface area contributed by atoms with Crippen LogP contribution in [0.1, 0.15) is 19.3 Å². The number of anilines is 2. The lowest BCUT2D eigenvalue weighted by atomic mass is 10.1. The molecular weight excluding hydrogens is 272 g/mol. The molecule has 3 rings (SSSR count). The van der Waals surface area contributed by atoms with E-state index in [0.29, 0.717) is 18.4 Å². The molecule has 0 radical (unpaired) electrons. The smallest absolute Gasteiger partial charge is 0.257 e. The van der Waals surface area contributed by atoms with E-state index in [1.54, 1.807) is 23.1 Å². The van der Waals surface area contributed by atoms with Crippen LogP contribution < -0.4 is 16.6 Å². The van der Waals surface area contributed by atoms with E-state index in [-0.39, 0.29) is 12.1 Å². The van der Waals surface area contributed by atoms with Gasteiger partial charge in [0.1, 0.15) is 0 Å². The van der Waals surface area contributed by atoms with Crippen molar-refractivity contribution in [3.8, 4) is 5.95 Å². The lowest BCUT2D eigenvalue weighted by Crippen LogP contribution is -2.28. The Kier molecular flexibility index (Phi) is 4.22. The highest BCUT2D eigenvalue weighted by molar-refractivity contribution is 5.37. The Morgan fingerprint density at radius 1 is 1.29 bits per heavy atom. The molecule has 1 aliphatic rings. The van der Waals surface area contributed by atoms with Gasteiger partial charge in [0, 0.05) is 25.5 Å². The van der Waals surface area contributed by atoms with Crippen molar-refractivity contribution < 1.29 is 4.74 Å². The number of hydrazine groups is 1. The number of ether oxygens (including phenoxy) is 1. The summed E-state index contributed by atoms with van der Waals surface area (Å²) in [5.74, 6) is 6.52. The zero-order valence-electron chi connectivity index (χ0n) is 11.6. The van der Waals surface area contributed by atoms with Gasteiger partial charge < -0.3 is 10.1 Å². The Labute approximate surface area is 121 Å². The number of nitrogens with zero attached hydrogens (tertiary/aromatic N) is 5. The molecular formula is C12H18N8O. The van der Waals surface area contributed by atoms with Crippen LogP contribution in [0.25, 0.3) is 5.95 Å². The second-order valence-corrected chi connectivity index (χ2v) is 4.75. The molecule has 1 unspecified atom stereocenters. The zero-order valence-corrected chi connectivity index (χ0v) is 11.6. The molecule has 0 bridgehead atoms. The van der Waals surface area contributed by atoms with Crippen LogP contribution in [0.3, 0.4) is 0 Å². The topological polar surface area (TPSA) is 116 Å². The summed E-state index contributed by atoms with van der Waals surface area (Å²) in [6, 6.07) is 1.79. The van der Waals surface area contributed by atoms with Gasteiger partial charge in [0.25, 0.3) is 5.95 Å². The molecule has 9 nitrogen and oxygen atoms in total. The molecule has 0 spiro atoms. The Morgan fingerprint density at radius 2 is 2.19 bits per heavy atom. The van der Waals surface area contributed by atoms with Crippen molar-refractivity contribution in [2.24, 2.45) is 5.84 Å². The fourth-order valence-corrected chi connectivity index (χ4v) is 2.17. The summed E-state index contributed by atoms with van der Waals surface area (Å²) >= 11 is 0. The van der Waals surface area contributed by atoms with Gasteiger partial charge in [0.2, 0.25) is 11.9 Å². The molecule has 2 aromatic rings. The quantitative estimate of drug-likeness (QED) is 0.532. The molecule has 1 aliphatic heterocycles. The van der Waals surface area contributed by atoms with Crippen LogP contribution in [0, 0.1) is 0 Å². The molecule has 112 valence electrons. The summed E-state index contributed by atoms with van der Waals surface area (Å²) in [5, 5.41) is 7.26. The van der Waals surface area contributed by atoms with Gasteiger partial charge in [-0.2, -0.15) is 20.1 Å². The van der Waals surface area contributed by atoms with E-state index in [0.717, 1.165) is 19.4 Å². The summed E-state index contributed by atoms with van der Waals surface area (Å²) < 4.78 is 7.21. The van der Waals surface area contributed by atoms with Crippen LogP contribution in [0.15, 0.2) is 18.5 Å². The van der Waals surface area contributed by atoms with Gasteiger partial charge in [-0.05, 0) is 25.3 Å². The minimum absolute atomic E-state index is 0.193. The van der Waals surface area contributed by atoms with Crippen molar-refractivity contribution in [3.63, 3.8) is 0 Å². The minimum atomic E-state index is 0.193. The molecule has 1 saturated heterocycles. The Hall–Kier alpha value is -2.26. The highest BCUT2D eigenvalue weighted by Gasteiger charge is 2.15. The number of nitrogens with two attached hydrogens (primary N) is 1. The summed E-state index contributed by atoms with van der Waals surface area (Å²) in [7, 11) is 0. The molecule has 4 N–H and O–H groups in total. The highest BCUT2D eigenvalue weighted by Crippen LogP contribution is 2.14. The standard InChI is InChI=1S/C12H18N8O/c13-19-11-16-10(14-8-9-4-1-2-7-21-9)17-12(18-11)20-6-3-5-15-20/h3,5-6,9H,1-2,4,7-8,13H2,(H2,14,16,17,18,19). The molecule has 0 aliphatic carbocycles. The van der Waals surface area contributed by atoms with E-state index in [1.807, 2.05) is 0 Å². The minimum Gasteiger partial charge on any atom is -0.376 e. The van der Waals surface area contributed by atoms with Gasteiger partial charge in [-0.1, -0.05) is 0 Å². The maximum Gasteiger partial charge on any atom is 0.257 e. The van der Waals surface area contributed by atoms with Crippen LogP contribution in [0.5, 0.6) is 0 Å². The lowest BCUT2D eigenvalue weighted by Gasteiger charge is -2.22. The number of rotatable bonds is 5. The first-order chi connectivity index (χ1) is 10.3. The Bertz CT molecular complexity index is 567. The SMILES string of the molecule is NNc1nc(NCC2CCCCO2)nc(-n2cccn2)n1. The summed E-state index contributed by atoms with van der Waals surface area (Å²) in [4.78, 5) is 12.7. The van der Waals surface area contributed by atoms with Gasteiger partial charge in [0.15, 0.2) is 0 Å². The molecule has 1 atom stereocenters. The van der Waals surface area contributed by atoms with Crippen molar-refractivity contribution in [2.45, 2.75) is 25.4 Å². The van der Waals surface area contributed by atoms with Crippen molar-refractivity contribution >= 4 is 11.9 Å². The molecule has 21 heavy (non-hydrogen) atoms. The van der Waals surface area contributed by atoms with Gasteiger partial charge >= 0.3 is 0 Å². The fraction of sp³-hybridized carbons (Fsp3) is 0.500. The van der Waals surface area contributed by atoms with E-state index in [9.17, 15) is 0 Å². The third-order valence-electron chi connectivity index (χ3n) is 3.22. The van der Waals surface area contributed by atoms with E-state index in [1.165, 1.54) is 6.42 Å². The van der Waals surface area contributed by atoms with E-state index in [2.05, 4.69) is 30.8 Å². The number of aromatic nitrogens is 5. The van der Waals surface area contributed by atoms with Crippen LogP contribution in [0.2, 0.25) is 0 Å². The molecule has 3 heterocycles. The van der Waals surface area contributed by atoms with E-state index in [4.69, 9.17) is 10.6 Å². The summed E-state index contributed by atoms with van der Waals surface area (Å²) in [5.41, 5.74) is 2.43. The monoisotopic (exact) mass is 290 g/mol. The van der Waals surface area contributed by atoms with Crippen molar-refractivity contribution in [2.75, 3.05) is 23.9 Å². The van der Waals surface area contributed by atoms with Gasteiger partial charge in [-0.3, -0.25) is 5.43 Å². The zero-order chi connectivity index (χ0) is 14.5. The van der Waals surface area contributed by atoms with E-state index >= 15 is 0 Å². The maximum atomic E-state index is 5.67. The summed E-state index contributed by atoms with van der Waals surface area (Å²) in [6.07, 6.45) is 6.97. The first kappa shape index (κ1) is 13.7. The largest absolute Gasteiger partial charge is 0.376 e. The number of nitrogen functional groups attached to an aromatic ring is 1. The third-order valence-corrected chi connectivity index (χ3v) is 3.22. The van der Waals surface area contributed by atoms with Crippen LogP contribution in [-0.2, 0) is 4.74 Å². The van der Waals surface area contributed by atoms with Crippen LogP contribution in [-0.4, -0.2) is 44.0 Å². The highest BCUT2D eigenvalue weighted by atomic mass is 16.5. The molecule has 0 aromatic carbocycles.